The number of aliphatic hydroxyl groups excluding tert-OH is 1. The molecule has 3 unspecified atom stereocenters. The van der Waals surface area contributed by atoms with Crippen LogP contribution in [0.3, 0.4) is 0 Å². The highest BCUT2D eigenvalue weighted by Gasteiger charge is 2.33. The van der Waals surface area contributed by atoms with Gasteiger partial charge in [-0.1, -0.05) is 108 Å². The van der Waals surface area contributed by atoms with Gasteiger partial charge in [-0.15, -0.1) is 0 Å². The summed E-state index contributed by atoms with van der Waals surface area (Å²) >= 11 is 17.1. The van der Waals surface area contributed by atoms with E-state index < -0.39 is 16.0 Å². The fourth-order valence-electron chi connectivity index (χ4n) is 5.42. The minimum absolute atomic E-state index is 0.0128. The summed E-state index contributed by atoms with van der Waals surface area (Å²) in [5.74, 6) is -0.680. The summed E-state index contributed by atoms with van der Waals surface area (Å²) in [5, 5.41) is 12.2. The third-order valence-corrected chi connectivity index (χ3v) is 8.19. The summed E-state index contributed by atoms with van der Waals surface area (Å²) in [7, 11) is 0. The molecule has 226 valence electrons. The SMILES string of the molecule is O=C(NCc1cccc(-c2cccc(C3OC(Cn4cnc5ccccc54)CC(c4ccc(CO)cc4)O3)c2)c1)C(Cl)(Cl)Cl. The molecule has 1 aromatic heterocycles. The Bertz CT molecular complexity index is 1750. The summed E-state index contributed by atoms with van der Waals surface area (Å²) in [6, 6.07) is 31.8. The number of fused-ring (bicyclic) bond motifs is 1. The summed E-state index contributed by atoms with van der Waals surface area (Å²) in [6.07, 6.45) is 1.53. The van der Waals surface area contributed by atoms with E-state index >= 15 is 0 Å². The molecule has 3 atom stereocenters. The number of hydrogen-bond acceptors (Lipinski definition) is 5. The first-order valence-corrected chi connectivity index (χ1v) is 15.3. The molecule has 2 N–H and O–H groups in total. The van der Waals surface area contributed by atoms with Gasteiger partial charge in [-0.05, 0) is 52.1 Å². The Kier molecular flexibility index (Phi) is 9.23. The maximum Gasteiger partial charge on any atom is 0.272 e. The Hall–Kier alpha value is -3.43. The van der Waals surface area contributed by atoms with Crippen molar-refractivity contribution >= 4 is 51.7 Å². The lowest BCUT2D eigenvalue weighted by Crippen LogP contribution is -2.33. The summed E-state index contributed by atoms with van der Waals surface area (Å²) in [4.78, 5) is 16.6. The molecule has 0 spiro atoms. The largest absolute Gasteiger partial charge is 0.392 e. The van der Waals surface area contributed by atoms with Crippen LogP contribution < -0.4 is 5.32 Å². The first kappa shape index (κ1) is 30.6. The van der Waals surface area contributed by atoms with Crippen molar-refractivity contribution in [3.05, 3.63) is 126 Å². The highest BCUT2D eigenvalue weighted by Crippen LogP contribution is 2.39. The number of para-hydroxylation sites is 2. The zero-order valence-corrected chi connectivity index (χ0v) is 25.8. The van der Waals surface area contributed by atoms with Crippen LogP contribution in [0.5, 0.6) is 0 Å². The Labute approximate surface area is 270 Å². The fourth-order valence-corrected chi connectivity index (χ4v) is 5.62. The van der Waals surface area contributed by atoms with Gasteiger partial charge in [-0.3, -0.25) is 4.79 Å². The molecule has 0 radical (unpaired) electrons. The van der Waals surface area contributed by atoms with E-state index in [9.17, 15) is 9.90 Å². The van der Waals surface area contributed by atoms with Crippen LogP contribution in [-0.2, 0) is 34.0 Å². The molecule has 44 heavy (non-hydrogen) atoms. The van der Waals surface area contributed by atoms with Crippen LogP contribution in [0.2, 0.25) is 0 Å². The average Bonchev–Trinajstić information content (AvgIpc) is 3.45. The lowest BCUT2D eigenvalue weighted by Gasteiger charge is -2.36. The molecule has 0 bridgehead atoms. The number of aromatic nitrogens is 2. The second kappa shape index (κ2) is 13.3. The van der Waals surface area contributed by atoms with Gasteiger partial charge in [-0.25, -0.2) is 4.98 Å². The van der Waals surface area contributed by atoms with E-state index in [0.717, 1.165) is 44.4 Å². The van der Waals surface area contributed by atoms with E-state index in [1.165, 1.54) is 0 Å². The number of benzene rings is 4. The van der Waals surface area contributed by atoms with Crippen LogP contribution in [0.25, 0.3) is 22.2 Å². The molecule has 1 aliphatic heterocycles. The molecule has 1 aliphatic rings. The Morgan fingerprint density at radius 3 is 2.41 bits per heavy atom. The predicted octanol–water partition coefficient (Wildman–Crippen LogP) is 7.43. The minimum Gasteiger partial charge on any atom is -0.392 e. The second-order valence-electron chi connectivity index (χ2n) is 10.7. The molecule has 7 nitrogen and oxygen atoms in total. The van der Waals surface area contributed by atoms with Crippen molar-refractivity contribution in [2.75, 3.05) is 0 Å². The number of carbonyl (C=O) groups excluding carboxylic acids is 1. The van der Waals surface area contributed by atoms with E-state index in [1.54, 1.807) is 0 Å². The molecule has 1 fully saturated rings. The first-order chi connectivity index (χ1) is 21.3. The number of amides is 1. The van der Waals surface area contributed by atoms with Crippen molar-refractivity contribution in [1.29, 1.82) is 0 Å². The smallest absolute Gasteiger partial charge is 0.272 e. The monoisotopic (exact) mass is 649 g/mol. The van der Waals surface area contributed by atoms with E-state index in [0.29, 0.717) is 13.0 Å². The van der Waals surface area contributed by atoms with Crippen LogP contribution in [0.1, 0.15) is 41.1 Å². The number of hydrogen-bond donors (Lipinski definition) is 2. The van der Waals surface area contributed by atoms with Crippen LogP contribution in [-0.4, -0.2) is 30.5 Å². The Morgan fingerprint density at radius 1 is 0.886 bits per heavy atom. The summed E-state index contributed by atoms with van der Waals surface area (Å²) in [6.45, 7) is 0.824. The van der Waals surface area contributed by atoms with Crippen LogP contribution >= 0.6 is 34.8 Å². The van der Waals surface area contributed by atoms with E-state index in [-0.39, 0.29) is 25.4 Å². The van der Waals surface area contributed by atoms with Gasteiger partial charge in [0.1, 0.15) is 0 Å². The number of carbonyl (C=O) groups is 1. The van der Waals surface area contributed by atoms with Gasteiger partial charge in [0.15, 0.2) is 6.29 Å². The minimum atomic E-state index is -2.02. The van der Waals surface area contributed by atoms with Gasteiger partial charge in [0.25, 0.3) is 9.70 Å². The molecule has 10 heteroatoms. The van der Waals surface area contributed by atoms with Crippen LogP contribution in [0, 0.1) is 0 Å². The molecule has 2 heterocycles. The van der Waals surface area contributed by atoms with Crippen molar-refractivity contribution < 1.29 is 19.4 Å². The topological polar surface area (TPSA) is 85.6 Å². The molecule has 1 saturated heterocycles. The number of aliphatic hydroxyl groups is 1. The van der Waals surface area contributed by atoms with Crippen LogP contribution in [0.15, 0.2) is 103 Å². The zero-order chi connectivity index (χ0) is 30.7. The van der Waals surface area contributed by atoms with Gasteiger partial charge in [0.2, 0.25) is 0 Å². The number of ether oxygens (including phenoxy) is 2. The third-order valence-electron chi connectivity index (χ3n) is 7.67. The van der Waals surface area contributed by atoms with Crippen molar-refractivity contribution in [3.63, 3.8) is 0 Å². The molecule has 5 aromatic rings. The lowest BCUT2D eigenvalue weighted by molar-refractivity contribution is -0.252. The predicted molar refractivity (Wildman–Crippen MR) is 172 cm³/mol. The number of imidazole rings is 1. The van der Waals surface area contributed by atoms with E-state index in [2.05, 4.69) is 27.0 Å². The maximum absolute atomic E-state index is 12.0. The maximum atomic E-state index is 12.0. The molecule has 4 aromatic carbocycles. The molecule has 1 amide bonds. The average molecular weight is 651 g/mol. The molecule has 6 rings (SSSR count). The van der Waals surface area contributed by atoms with Gasteiger partial charge in [0, 0.05) is 18.5 Å². The highest BCUT2D eigenvalue weighted by atomic mass is 35.6. The van der Waals surface area contributed by atoms with Crippen molar-refractivity contribution in [2.24, 2.45) is 0 Å². The standard InChI is InChI=1S/C34H30Cl3N3O4/c35-34(36,37)33(42)38-18-23-5-3-6-25(15-23)26-7-4-8-27(16-26)32-43-28(19-40-21-39-29-9-1-2-10-30(29)40)17-31(44-32)24-13-11-22(20-41)12-14-24/h1-16,21,28,31-32,41H,17-20H2,(H,38,42). The van der Waals surface area contributed by atoms with Crippen molar-refractivity contribution in [3.8, 4) is 11.1 Å². The summed E-state index contributed by atoms with van der Waals surface area (Å²) < 4.78 is 13.3. The van der Waals surface area contributed by atoms with E-state index in [1.807, 2.05) is 91.3 Å². The summed E-state index contributed by atoms with van der Waals surface area (Å²) in [5.41, 5.74) is 7.53. The van der Waals surface area contributed by atoms with Gasteiger partial charge < -0.3 is 24.5 Å². The molecule has 0 saturated carbocycles. The van der Waals surface area contributed by atoms with Crippen molar-refractivity contribution in [2.45, 2.75) is 48.4 Å². The Balaban J connectivity index is 1.26. The van der Waals surface area contributed by atoms with Gasteiger partial charge in [0.05, 0.1) is 42.7 Å². The molecular weight excluding hydrogens is 621 g/mol. The number of nitrogens with zero attached hydrogens (tertiary/aromatic N) is 2. The number of halogens is 3. The molecule has 0 aliphatic carbocycles. The highest BCUT2D eigenvalue weighted by molar-refractivity contribution is 6.76. The quantitative estimate of drug-likeness (QED) is 0.171. The Morgan fingerprint density at radius 2 is 1.64 bits per heavy atom. The normalized spacial score (nSPS) is 18.8. The number of nitrogens with one attached hydrogen (secondary N) is 1. The third kappa shape index (κ3) is 7.10. The lowest BCUT2D eigenvalue weighted by atomic mass is 9.98. The first-order valence-electron chi connectivity index (χ1n) is 14.2. The van der Waals surface area contributed by atoms with Crippen LogP contribution in [0.4, 0.5) is 0 Å². The zero-order valence-electron chi connectivity index (χ0n) is 23.6. The van der Waals surface area contributed by atoms with Gasteiger partial charge in [-0.2, -0.15) is 0 Å². The van der Waals surface area contributed by atoms with E-state index in [4.69, 9.17) is 44.3 Å². The number of alkyl halides is 3. The van der Waals surface area contributed by atoms with Crippen molar-refractivity contribution in [1.82, 2.24) is 14.9 Å². The fraction of sp³-hybridized carbons (Fsp3) is 0.235. The molecular formula is C34H30Cl3N3O4. The second-order valence-corrected chi connectivity index (χ2v) is 13.0. The number of rotatable bonds is 8. The van der Waals surface area contributed by atoms with Gasteiger partial charge >= 0.3 is 0 Å².